The van der Waals surface area contributed by atoms with E-state index in [1.54, 1.807) is 12.1 Å². The number of hydrogen-bond acceptors (Lipinski definition) is 2. The third-order valence-electron chi connectivity index (χ3n) is 2.56. The molecule has 2 rings (SSSR count). The summed E-state index contributed by atoms with van der Waals surface area (Å²) in [5.74, 6) is -1.98. The van der Waals surface area contributed by atoms with Crippen molar-refractivity contribution >= 4 is 33.5 Å². The van der Waals surface area contributed by atoms with Crippen LogP contribution in [0.5, 0.6) is 0 Å². The summed E-state index contributed by atoms with van der Waals surface area (Å²) in [6.07, 6.45) is 0.442. The molecule has 0 unspecified atom stereocenters. The van der Waals surface area contributed by atoms with E-state index in [1.165, 1.54) is 0 Å². The van der Waals surface area contributed by atoms with Gasteiger partial charge in [0.2, 0.25) is 5.91 Å². The lowest BCUT2D eigenvalue weighted by atomic mass is 10.2. The van der Waals surface area contributed by atoms with Crippen molar-refractivity contribution in [2.45, 2.75) is 6.42 Å². The number of benzene rings is 1. The minimum Gasteiger partial charge on any atom is -0.481 e. The van der Waals surface area contributed by atoms with E-state index in [2.05, 4.69) is 21.2 Å². The van der Waals surface area contributed by atoms with Gasteiger partial charge in [0.15, 0.2) is 0 Å². The molecule has 0 saturated heterocycles. The summed E-state index contributed by atoms with van der Waals surface area (Å²) in [7, 11) is 0. The van der Waals surface area contributed by atoms with E-state index >= 15 is 0 Å². The number of anilines is 1. The van der Waals surface area contributed by atoms with Gasteiger partial charge in [0.05, 0.1) is 11.8 Å². The van der Waals surface area contributed by atoms with Crippen LogP contribution in [0.1, 0.15) is 6.42 Å². The standard InChI is InChI=1S/C11H10BrNO3/c12-6-1-3-7(4-2-6)13-10(14)8-5-9(8)11(15)16/h1-4,8-9H,5H2,(H,13,14)(H,15,16)/t8-,9+/m1/s1. The number of halogens is 1. The molecule has 1 aliphatic rings. The zero-order valence-electron chi connectivity index (χ0n) is 8.31. The first-order valence-electron chi connectivity index (χ1n) is 4.87. The lowest BCUT2D eigenvalue weighted by Gasteiger charge is -2.03. The van der Waals surface area contributed by atoms with Crippen LogP contribution >= 0.6 is 15.9 Å². The van der Waals surface area contributed by atoms with Gasteiger partial charge in [0.25, 0.3) is 0 Å². The highest BCUT2D eigenvalue weighted by Crippen LogP contribution is 2.39. The van der Waals surface area contributed by atoms with Gasteiger partial charge in [-0.2, -0.15) is 0 Å². The molecular formula is C11H10BrNO3. The van der Waals surface area contributed by atoms with Crippen molar-refractivity contribution in [2.75, 3.05) is 5.32 Å². The van der Waals surface area contributed by atoms with Crippen molar-refractivity contribution < 1.29 is 14.7 Å². The molecule has 1 aromatic carbocycles. The van der Waals surface area contributed by atoms with Crippen LogP contribution in [0.3, 0.4) is 0 Å². The molecule has 16 heavy (non-hydrogen) atoms. The first-order chi connectivity index (χ1) is 7.58. The number of amides is 1. The van der Waals surface area contributed by atoms with E-state index in [0.29, 0.717) is 12.1 Å². The normalized spacial score (nSPS) is 22.6. The van der Waals surface area contributed by atoms with Crippen LogP contribution < -0.4 is 5.32 Å². The number of carboxylic acids is 1. The lowest BCUT2D eigenvalue weighted by Crippen LogP contribution is -2.16. The largest absolute Gasteiger partial charge is 0.481 e. The molecule has 0 bridgehead atoms. The Kier molecular flexibility index (Phi) is 2.96. The summed E-state index contributed by atoms with van der Waals surface area (Å²) >= 11 is 3.29. The number of carboxylic acid groups (broad SMARTS) is 1. The number of aliphatic carboxylic acids is 1. The Labute approximate surface area is 101 Å². The van der Waals surface area contributed by atoms with Gasteiger partial charge in [-0.05, 0) is 30.7 Å². The maximum Gasteiger partial charge on any atom is 0.307 e. The van der Waals surface area contributed by atoms with Gasteiger partial charge in [-0.3, -0.25) is 9.59 Å². The van der Waals surface area contributed by atoms with Crippen LogP contribution in [0.25, 0.3) is 0 Å². The van der Waals surface area contributed by atoms with Gasteiger partial charge in [0, 0.05) is 10.2 Å². The average Bonchev–Trinajstić information content (AvgIpc) is 3.01. The van der Waals surface area contributed by atoms with Gasteiger partial charge >= 0.3 is 5.97 Å². The molecule has 84 valence electrons. The van der Waals surface area contributed by atoms with E-state index in [9.17, 15) is 9.59 Å². The van der Waals surface area contributed by atoms with Crippen LogP contribution in [0, 0.1) is 11.8 Å². The predicted molar refractivity (Wildman–Crippen MR) is 62.0 cm³/mol. The van der Waals surface area contributed by atoms with Crippen molar-refractivity contribution in [3.63, 3.8) is 0 Å². The zero-order valence-corrected chi connectivity index (χ0v) is 9.90. The molecular weight excluding hydrogens is 274 g/mol. The molecule has 2 atom stereocenters. The molecule has 0 radical (unpaired) electrons. The average molecular weight is 284 g/mol. The predicted octanol–water partition coefficient (Wildman–Crippen LogP) is 2.11. The number of hydrogen-bond donors (Lipinski definition) is 2. The Morgan fingerprint density at radius 3 is 2.38 bits per heavy atom. The summed E-state index contributed by atoms with van der Waals surface area (Å²) in [6.45, 7) is 0. The highest BCUT2D eigenvalue weighted by Gasteiger charge is 2.48. The summed E-state index contributed by atoms with van der Waals surface area (Å²) in [6, 6.07) is 7.16. The quantitative estimate of drug-likeness (QED) is 0.893. The Morgan fingerprint density at radius 2 is 1.88 bits per heavy atom. The molecule has 0 spiro atoms. The Bertz CT molecular complexity index is 429. The first-order valence-corrected chi connectivity index (χ1v) is 5.66. The van der Waals surface area contributed by atoms with Crippen molar-refractivity contribution in [2.24, 2.45) is 11.8 Å². The summed E-state index contributed by atoms with van der Waals surface area (Å²) < 4.78 is 0.931. The summed E-state index contributed by atoms with van der Waals surface area (Å²) in [5.41, 5.74) is 0.684. The number of carbonyl (C=O) groups is 2. The minimum absolute atomic E-state index is 0.213. The van der Waals surface area contributed by atoms with E-state index in [-0.39, 0.29) is 11.8 Å². The lowest BCUT2D eigenvalue weighted by molar-refractivity contribution is -0.139. The van der Waals surface area contributed by atoms with E-state index in [0.717, 1.165) is 4.47 Å². The Morgan fingerprint density at radius 1 is 1.25 bits per heavy atom. The van der Waals surface area contributed by atoms with Crippen LogP contribution in [0.15, 0.2) is 28.7 Å². The van der Waals surface area contributed by atoms with E-state index in [1.807, 2.05) is 12.1 Å². The molecule has 0 aromatic heterocycles. The van der Waals surface area contributed by atoms with E-state index < -0.39 is 11.9 Å². The van der Waals surface area contributed by atoms with Crippen LogP contribution in [-0.2, 0) is 9.59 Å². The van der Waals surface area contributed by atoms with Crippen LogP contribution in [0.4, 0.5) is 5.69 Å². The van der Waals surface area contributed by atoms with Crippen LogP contribution in [-0.4, -0.2) is 17.0 Å². The maximum absolute atomic E-state index is 11.6. The molecule has 4 nitrogen and oxygen atoms in total. The van der Waals surface area contributed by atoms with Crippen molar-refractivity contribution in [1.29, 1.82) is 0 Å². The second-order valence-corrected chi connectivity index (χ2v) is 4.70. The molecule has 0 heterocycles. The van der Waals surface area contributed by atoms with Gasteiger partial charge in [-0.15, -0.1) is 0 Å². The SMILES string of the molecule is O=C(O)[C@H]1C[C@H]1C(=O)Nc1ccc(Br)cc1. The molecule has 1 fully saturated rings. The number of carbonyl (C=O) groups excluding carboxylic acids is 1. The summed E-state index contributed by atoms with van der Waals surface area (Å²) in [4.78, 5) is 22.2. The highest BCUT2D eigenvalue weighted by atomic mass is 79.9. The molecule has 0 aliphatic heterocycles. The Balaban J connectivity index is 1.94. The second-order valence-electron chi connectivity index (χ2n) is 3.78. The Hall–Kier alpha value is -1.36. The monoisotopic (exact) mass is 283 g/mol. The summed E-state index contributed by atoms with van der Waals surface area (Å²) in [5, 5.41) is 11.4. The van der Waals surface area contributed by atoms with Crippen molar-refractivity contribution in [3.8, 4) is 0 Å². The van der Waals surface area contributed by atoms with Gasteiger partial charge < -0.3 is 10.4 Å². The van der Waals surface area contributed by atoms with E-state index in [4.69, 9.17) is 5.11 Å². The fourth-order valence-corrected chi connectivity index (χ4v) is 1.79. The molecule has 2 N–H and O–H groups in total. The second kappa shape index (κ2) is 4.25. The van der Waals surface area contributed by atoms with Crippen molar-refractivity contribution in [1.82, 2.24) is 0 Å². The third-order valence-corrected chi connectivity index (χ3v) is 3.08. The van der Waals surface area contributed by atoms with Gasteiger partial charge in [-0.25, -0.2) is 0 Å². The smallest absolute Gasteiger partial charge is 0.307 e. The molecule has 5 heteroatoms. The third kappa shape index (κ3) is 2.41. The fraction of sp³-hybridized carbons (Fsp3) is 0.273. The van der Waals surface area contributed by atoms with Gasteiger partial charge in [0.1, 0.15) is 0 Å². The fourth-order valence-electron chi connectivity index (χ4n) is 1.53. The zero-order chi connectivity index (χ0) is 11.7. The molecule has 1 aromatic rings. The number of rotatable bonds is 3. The minimum atomic E-state index is -0.893. The molecule has 1 aliphatic carbocycles. The van der Waals surface area contributed by atoms with Crippen LogP contribution in [0.2, 0.25) is 0 Å². The molecule has 1 saturated carbocycles. The topological polar surface area (TPSA) is 66.4 Å². The highest BCUT2D eigenvalue weighted by molar-refractivity contribution is 9.10. The first kappa shape index (κ1) is 11.1. The van der Waals surface area contributed by atoms with Crippen molar-refractivity contribution in [3.05, 3.63) is 28.7 Å². The molecule has 1 amide bonds. The van der Waals surface area contributed by atoms with Gasteiger partial charge in [-0.1, -0.05) is 15.9 Å². The maximum atomic E-state index is 11.6. The number of nitrogens with one attached hydrogen (secondary N) is 1.